The number of carbonyl (C=O) groups excluding carboxylic acids is 2. The van der Waals surface area contributed by atoms with E-state index in [1.165, 1.54) is 5.01 Å². The van der Waals surface area contributed by atoms with Crippen LogP contribution in [0.4, 0.5) is 0 Å². The van der Waals surface area contributed by atoms with Crippen LogP contribution in [0.3, 0.4) is 0 Å². The van der Waals surface area contributed by atoms with Crippen molar-refractivity contribution in [3.05, 3.63) is 88.9 Å². The zero-order valence-electron chi connectivity index (χ0n) is 16.0. The van der Waals surface area contributed by atoms with E-state index in [0.717, 1.165) is 11.0 Å². The largest absolute Gasteiger partial charge is 0.338 e. The maximum atomic E-state index is 13.1. The molecule has 2 unspecified atom stereocenters. The van der Waals surface area contributed by atoms with Gasteiger partial charge in [-0.15, -0.1) is 11.6 Å². The summed E-state index contributed by atoms with van der Waals surface area (Å²) in [5, 5.41) is 0.912. The lowest BCUT2D eigenvalue weighted by atomic mass is 9.95. The van der Waals surface area contributed by atoms with Crippen LogP contribution in [-0.2, 0) is 4.79 Å². The van der Waals surface area contributed by atoms with Gasteiger partial charge >= 0.3 is 0 Å². The van der Waals surface area contributed by atoms with Gasteiger partial charge in [0.25, 0.3) is 11.8 Å². The van der Waals surface area contributed by atoms with E-state index in [4.69, 9.17) is 23.2 Å². The summed E-state index contributed by atoms with van der Waals surface area (Å²) in [6.07, 6.45) is 0. The minimum Gasteiger partial charge on any atom is -0.338 e. The average Bonchev–Trinajstić information content (AvgIpc) is 3.23. The van der Waals surface area contributed by atoms with Gasteiger partial charge in [0.1, 0.15) is 17.2 Å². The van der Waals surface area contributed by atoms with Crippen LogP contribution in [-0.4, -0.2) is 32.2 Å². The first-order chi connectivity index (χ1) is 15.0. The monoisotopic (exact) mass is 450 g/mol. The number of para-hydroxylation sites is 2. The first-order valence-corrected chi connectivity index (χ1v) is 10.4. The van der Waals surface area contributed by atoms with E-state index in [1.54, 1.807) is 36.4 Å². The van der Waals surface area contributed by atoms with E-state index in [-0.39, 0.29) is 5.91 Å². The topological polar surface area (TPSA) is 78.1 Å². The maximum absolute atomic E-state index is 13.1. The first kappa shape index (κ1) is 19.6. The number of alkyl halides is 1. The van der Waals surface area contributed by atoms with Gasteiger partial charge in [-0.3, -0.25) is 15.0 Å². The summed E-state index contributed by atoms with van der Waals surface area (Å²) >= 11 is 12.5. The number of imidazole rings is 1. The van der Waals surface area contributed by atoms with Crippen molar-refractivity contribution < 1.29 is 9.59 Å². The van der Waals surface area contributed by atoms with Crippen molar-refractivity contribution in [2.24, 2.45) is 0 Å². The zero-order valence-corrected chi connectivity index (χ0v) is 17.6. The van der Waals surface area contributed by atoms with Crippen LogP contribution in [0.2, 0.25) is 5.02 Å². The van der Waals surface area contributed by atoms with Crippen LogP contribution < -0.4 is 5.43 Å². The molecule has 0 bridgehead atoms. The zero-order chi connectivity index (χ0) is 21.5. The number of halogens is 2. The molecule has 6 nitrogen and oxygen atoms in total. The van der Waals surface area contributed by atoms with Gasteiger partial charge in [0.15, 0.2) is 0 Å². The third kappa shape index (κ3) is 3.34. The summed E-state index contributed by atoms with van der Waals surface area (Å²) in [7, 11) is 0. The normalized spacial score (nSPS) is 18.1. The Labute approximate surface area is 187 Å². The van der Waals surface area contributed by atoms with Gasteiger partial charge in [-0.2, -0.15) is 0 Å². The molecule has 0 aliphatic carbocycles. The Morgan fingerprint density at radius 3 is 2.52 bits per heavy atom. The number of nitrogens with zero attached hydrogens (tertiary/aromatic N) is 2. The van der Waals surface area contributed by atoms with Crippen molar-refractivity contribution in [2.75, 3.05) is 0 Å². The van der Waals surface area contributed by atoms with Crippen molar-refractivity contribution in [3.63, 3.8) is 0 Å². The summed E-state index contributed by atoms with van der Waals surface area (Å²) in [6, 6.07) is 21.3. The Kier molecular flexibility index (Phi) is 4.88. The number of aromatic nitrogens is 2. The highest BCUT2D eigenvalue weighted by molar-refractivity contribution is 6.35. The molecule has 5 rings (SSSR count). The fraction of sp³-hybridized carbons (Fsp3) is 0.0870. The number of benzene rings is 3. The Balaban J connectivity index is 1.46. The molecule has 2 amide bonds. The number of carbonyl (C=O) groups is 2. The second kappa shape index (κ2) is 7.72. The molecule has 1 fully saturated rings. The van der Waals surface area contributed by atoms with Crippen molar-refractivity contribution in [1.29, 1.82) is 0 Å². The number of fused-ring (bicyclic) bond motifs is 1. The molecule has 1 aliphatic heterocycles. The van der Waals surface area contributed by atoms with Gasteiger partial charge in [-0.1, -0.05) is 60.1 Å². The molecule has 1 aromatic heterocycles. The summed E-state index contributed by atoms with van der Waals surface area (Å²) in [4.78, 5) is 33.4. The summed E-state index contributed by atoms with van der Waals surface area (Å²) in [6.45, 7) is 0. The third-order valence-corrected chi connectivity index (χ3v) is 6.06. The van der Waals surface area contributed by atoms with Crippen LogP contribution in [0, 0.1) is 0 Å². The smallest absolute Gasteiger partial charge is 0.270 e. The molecular weight excluding hydrogens is 435 g/mol. The lowest BCUT2D eigenvalue weighted by Gasteiger charge is -2.44. The van der Waals surface area contributed by atoms with Crippen LogP contribution in [0.15, 0.2) is 72.8 Å². The number of hydrazine groups is 1. The van der Waals surface area contributed by atoms with Crippen molar-refractivity contribution in [3.8, 4) is 11.4 Å². The summed E-state index contributed by atoms with van der Waals surface area (Å²) in [5.74, 6) is -0.258. The Morgan fingerprint density at radius 1 is 1.00 bits per heavy atom. The standard InChI is InChI=1S/C23H16Cl2N4O2/c24-16-10-4-3-9-15(16)20-19(25)23(31)29(20)28-22(30)14-8-2-1-7-13(14)21-26-17-11-5-6-12-18(17)27-21/h1-12,19-20H,(H,26,27)(H,28,30). The minimum absolute atomic E-state index is 0.380. The van der Waals surface area contributed by atoms with Crippen molar-refractivity contribution in [2.45, 2.75) is 11.4 Å². The SMILES string of the molecule is O=C(NN1C(=O)C(Cl)C1c1ccccc1Cl)c1ccccc1-c1nc2ccccc2[nH]1. The van der Waals surface area contributed by atoms with E-state index in [0.29, 0.717) is 27.5 Å². The molecule has 0 spiro atoms. The van der Waals surface area contributed by atoms with E-state index < -0.39 is 17.3 Å². The number of rotatable bonds is 4. The predicted octanol–water partition coefficient (Wildman–Crippen LogP) is 4.72. The number of β-lactam (4-membered cyclic amide) rings is 1. The Morgan fingerprint density at radius 2 is 1.71 bits per heavy atom. The van der Waals surface area contributed by atoms with Gasteiger partial charge < -0.3 is 4.98 Å². The summed E-state index contributed by atoms with van der Waals surface area (Å²) in [5.41, 5.74) is 6.04. The molecule has 8 heteroatoms. The maximum Gasteiger partial charge on any atom is 0.270 e. The quantitative estimate of drug-likeness (QED) is 0.348. The number of nitrogens with one attached hydrogen (secondary N) is 2. The van der Waals surface area contributed by atoms with E-state index >= 15 is 0 Å². The van der Waals surface area contributed by atoms with Gasteiger partial charge in [-0.25, -0.2) is 9.99 Å². The van der Waals surface area contributed by atoms with Crippen LogP contribution in [0.5, 0.6) is 0 Å². The van der Waals surface area contributed by atoms with Crippen LogP contribution >= 0.6 is 23.2 Å². The van der Waals surface area contributed by atoms with Gasteiger partial charge in [0, 0.05) is 10.6 Å². The molecule has 31 heavy (non-hydrogen) atoms. The van der Waals surface area contributed by atoms with Crippen molar-refractivity contribution >= 4 is 46.0 Å². The van der Waals surface area contributed by atoms with E-state index in [9.17, 15) is 9.59 Å². The van der Waals surface area contributed by atoms with Crippen molar-refractivity contribution in [1.82, 2.24) is 20.4 Å². The number of hydrogen-bond acceptors (Lipinski definition) is 3. The highest BCUT2D eigenvalue weighted by atomic mass is 35.5. The molecule has 2 atom stereocenters. The molecule has 0 radical (unpaired) electrons. The second-order valence-electron chi connectivity index (χ2n) is 7.17. The number of amides is 2. The molecule has 1 aliphatic rings. The molecule has 0 saturated carbocycles. The van der Waals surface area contributed by atoms with Gasteiger partial charge in [0.05, 0.1) is 16.6 Å². The molecule has 2 N–H and O–H groups in total. The van der Waals surface area contributed by atoms with E-state index in [1.807, 2.05) is 36.4 Å². The Hall–Kier alpha value is -3.35. The molecule has 4 aromatic rings. The molecule has 154 valence electrons. The highest BCUT2D eigenvalue weighted by Crippen LogP contribution is 2.40. The fourth-order valence-electron chi connectivity index (χ4n) is 3.73. The first-order valence-electron chi connectivity index (χ1n) is 9.61. The van der Waals surface area contributed by atoms with Crippen LogP contribution in [0.25, 0.3) is 22.4 Å². The number of aromatic amines is 1. The van der Waals surface area contributed by atoms with Gasteiger partial charge in [0.2, 0.25) is 0 Å². The molecular formula is C23H16Cl2N4O2. The lowest BCUT2D eigenvalue weighted by Crippen LogP contribution is -2.63. The Bertz CT molecular complexity index is 1290. The number of hydrogen-bond donors (Lipinski definition) is 2. The van der Waals surface area contributed by atoms with Gasteiger partial charge in [-0.05, 0) is 29.8 Å². The number of H-pyrrole nitrogens is 1. The third-order valence-electron chi connectivity index (χ3n) is 5.29. The highest BCUT2D eigenvalue weighted by Gasteiger charge is 2.49. The predicted molar refractivity (Wildman–Crippen MR) is 120 cm³/mol. The minimum atomic E-state index is -0.800. The van der Waals surface area contributed by atoms with E-state index in [2.05, 4.69) is 15.4 Å². The average molecular weight is 451 g/mol. The molecule has 1 saturated heterocycles. The summed E-state index contributed by atoms with van der Waals surface area (Å²) < 4.78 is 0. The second-order valence-corrected chi connectivity index (χ2v) is 8.04. The molecule has 2 heterocycles. The molecule has 3 aromatic carbocycles. The fourth-order valence-corrected chi connectivity index (χ4v) is 4.33. The van der Waals surface area contributed by atoms with Crippen LogP contribution in [0.1, 0.15) is 22.0 Å². The lowest BCUT2D eigenvalue weighted by molar-refractivity contribution is -0.149.